The third-order valence-corrected chi connectivity index (χ3v) is 2.24. The van der Waals surface area contributed by atoms with Gasteiger partial charge in [-0.25, -0.2) is 0 Å². The van der Waals surface area contributed by atoms with Gasteiger partial charge in [0.05, 0.1) is 12.2 Å². The second kappa shape index (κ2) is 6.86. The van der Waals surface area contributed by atoms with Crippen LogP contribution < -0.4 is 16.2 Å². The minimum Gasteiger partial charge on any atom is -0.491 e. The van der Waals surface area contributed by atoms with E-state index in [4.69, 9.17) is 20.9 Å². The second-order valence-electron chi connectivity index (χ2n) is 4.43. The molecule has 1 amide bonds. The van der Waals surface area contributed by atoms with Crippen LogP contribution in [0.4, 0.5) is 5.69 Å². The molecule has 0 saturated carbocycles. The highest BCUT2D eigenvalue weighted by Gasteiger charge is 2.07. The van der Waals surface area contributed by atoms with Crippen molar-refractivity contribution in [2.75, 3.05) is 25.6 Å². The first-order chi connectivity index (χ1) is 8.50. The molecule has 0 aliphatic heterocycles. The highest BCUT2D eigenvalue weighted by molar-refractivity contribution is 5.98. The van der Waals surface area contributed by atoms with Crippen molar-refractivity contribution in [3.05, 3.63) is 23.8 Å². The van der Waals surface area contributed by atoms with Gasteiger partial charge in [-0.2, -0.15) is 0 Å². The number of hydrogen-bond acceptors (Lipinski definition) is 4. The van der Waals surface area contributed by atoms with Crippen LogP contribution in [-0.2, 0) is 4.74 Å². The van der Waals surface area contributed by atoms with E-state index in [0.717, 1.165) is 0 Å². The average Bonchev–Trinajstić information content (AvgIpc) is 2.30. The molecule has 0 aromatic heterocycles. The number of nitrogen functional groups attached to an aromatic ring is 1. The van der Waals surface area contributed by atoms with Crippen LogP contribution >= 0.6 is 0 Å². The van der Waals surface area contributed by atoms with Crippen LogP contribution in [-0.4, -0.2) is 25.7 Å². The molecule has 18 heavy (non-hydrogen) atoms. The topological polar surface area (TPSA) is 87.6 Å². The number of carbonyl (C=O) groups is 1. The molecule has 1 aromatic carbocycles. The van der Waals surface area contributed by atoms with E-state index in [2.05, 4.69) is 13.8 Å². The maximum atomic E-state index is 11.1. The van der Waals surface area contributed by atoms with Crippen LogP contribution in [0.3, 0.4) is 0 Å². The summed E-state index contributed by atoms with van der Waals surface area (Å²) in [5.41, 5.74) is 11.4. The van der Waals surface area contributed by atoms with Gasteiger partial charge in [-0.05, 0) is 24.1 Å². The summed E-state index contributed by atoms with van der Waals surface area (Å²) in [6.07, 6.45) is 0. The van der Waals surface area contributed by atoms with Crippen LogP contribution in [0.1, 0.15) is 24.2 Å². The first-order valence-electron chi connectivity index (χ1n) is 5.90. The van der Waals surface area contributed by atoms with E-state index in [1.807, 2.05) is 0 Å². The normalized spacial score (nSPS) is 10.6. The third-order valence-electron chi connectivity index (χ3n) is 2.24. The fourth-order valence-electron chi connectivity index (χ4n) is 1.38. The number of amides is 1. The van der Waals surface area contributed by atoms with E-state index in [-0.39, 0.29) is 5.56 Å². The summed E-state index contributed by atoms with van der Waals surface area (Å²) in [6.45, 7) is 5.81. The Hall–Kier alpha value is -1.75. The van der Waals surface area contributed by atoms with Gasteiger partial charge in [0.2, 0.25) is 0 Å². The first kappa shape index (κ1) is 14.3. The quantitative estimate of drug-likeness (QED) is 0.567. The van der Waals surface area contributed by atoms with Gasteiger partial charge in [0.15, 0.2) is 0 Å². The molecule has 0 aliphatic carbocycles. The minimum absolute atomic E-state index is 0.274. The number of hydrogen-bond donors (Lipinski definition) is 2. The molecule has 4 N–H and O–H groups in total. The van der Waals surface area contributed by atoms with Crippen molar-refractivity contribution in [3.8, 4) is 5.75 Å². The van der Waals surface area contributed by atoms with E-state index < -0.39 is 5.91 Å². The average molecular weight is 252 g/mol. The van der Waals surface area contributed by atoms with Gasteiger partial charge in [0, 0.05) is 12.3 Å². The highest BCUT2D eigenvalue weighted by Crippen LogP contribution is 2.19. The molecule has 0 saturated heterocycles. The number of nitrogens with two attached hydrogens (primary N) is 2. The molecule has 0 fully saturated rings. The fraction of sp³-hybridized carbons (Fsp3) is 0.462. The molecule has 0 radical (unpaired) electrons. The Balaban J connectivity index is 2.43. The molecular weight excluding hydrogens is 232 g/mol. The van der Waals surface area contributed by atoms with Gasteiger partial charge in [-0.15, -0.1) is 0 Å². The maximum absolute atomic E-state index is 11.1. The molecule has 0 unspecified atom stereocenters. The van der Waals surface area contributed by atoms with Gasteiger partial charge in [0.25, 0.3) is 5.91 Å². The number of primary amides is 1. The molecule has 100 valence electrons. The van der Waals surface area contributed by atoms with Gasteiger partial charge >= 0.3 is 0 Å². The Morgan fingerprint density at radius 1 is 1.33 bits per heavy atom. The van der Waals surface area contributed by atoms with Gasteiger partial charge in [0.1, 0.15) is 12.4 Å². The van der Waals surface area contributed by atoms with E-state index in [1.54, 1.807) is 18.2 Å². The lowest BCUT2D eigenvalue weighted by atomic mass is 10.1. The van der Waals surface area contributed by atoms with E-state index in [9.17, 15) is 4.79 Å². The van der Waals surface area contributed by atoms with Crippen molar-refractivity contribution in [2.45, 2.75) is 13.8 Å². The lowest BCUT2D eigenvalue weighted by Gasteiger charge is -2.10. The van der Waals surface area contributed by atoms with Crippen molar-refractivity contribution in [1.82, 2.24) is 0 Å². The highest BCUT2D eigenvalue weighted by atomic mass is 16.5. The molecule has 5 nitrogen and oxygen atoms in total. The van der Waals surface area contributed by atoms with Crippen molar-refractivity contribution < 1.29 is 14.3 Å². The zero-order valence-electron chi connectivity index (χ0n) is 10.8. The van der Waals surface area contributed by atoms with Crippen LogP contribution in [0.15, 0.2) is 18.2 Å². The summed E-state index contributed by atoms with van der Waals surface area (Å²) in [4.78, 5) is 11.1. The van der Waals surface area contributed by atoms with Crippen molar-refractivity contribution in [3.63, 3.8) is 0 Å². The summed E-state index contributed by atoms with van der Waals surface area (Å²) in [5, 5.41) is 0. The Morgan fingerprint density at radius 2 is 2.06 bits per heavy atom. The maximum Gasteiger partial charge on any atom is 0.250 e. The molecule has 0 heterocycles. The Labute approximate surface area is 107 Å². The van der Waals surface area contributed by atoms with Crippen molar-refractivity contribution in [2.24, 2.45) is 11.7 Å². The SMILES string of the molecule is CC(C)COCCOc1ccc(N)c(C(N)=O)c1. The Kier molecular flexibility index (Phi) is 5.45. The first-order valence-corrected chi connectivity index (χ1v) is 5.90. The van der Waals surface area contributed by atoms with Crippen molar-refractivity contribution >= 4 is 11.6 Å². The second-order valence-corrected chi connectivity index (χ2v) is 4.43. The lowest BCUT2D eigenvalue weighted by Crippen LogP contribution is -2.14. The number of carbonyl (C=O) groups excluding carboxylic acids is 1. The molecule has 0 atom stereocenters. The summed E-state index contributed by atoms with van der Waals surface area (Å²) in [5.74, 6) is 0.503. The predicted molar refractivity (Wildman–Crippen MR) is 70.5 cm³/mol. The molecule has 5 heteroatoms. The van der Waals surface area contributed by atoms with Crippen LogP contribution in [0.5, 0.6) is 5.75 Å². The Bertz CT molecular complexity index is 405. The number of ether oxygens (including phenoxy) is 2. The van der Waals surface area contributed by atoms with Crippen LogP contribution in [0.2, 0.25) is 0 Å². The van der Waals surface area contributed by atoms with Gasteiger partial charge in [-0.3, -0.25) is 4.79 Å². The van der Waals surface area contributed by atoms with Gasteiger partial charge < -0.3 is 20.9 Å². The van der Waals surface area contributed by atoms with Crippen molar-refractivity contribution in [1.29, 1.82) is 0 Å². The summed E-state index contributed by atoms with van der Waals surface area (Å²) in [6, 6.07) is 4.84. The predicted octanol–water partition coefficient (Wildman–Crippen LogP) is 1.42. The number of anilines is 1. The monoisotopic (exact) mass is 252 g/mol. The molecule has 0 spiro atoms. The zero-order valence-corrected chi connectivity index (χ0v) is 10.8. The number of rotatable bonds is 7. The molecule has 0 bridgehead atoms. The Morgan fingerprint density at radius 3 is 2.67 bits per heavy atom. The number of benzene rings is 1. The lowest BCUT2D eigenvalue weighted by molar-refractivity contribution is 0.0818. The summed E-state index contributed by atoms with van der Waals surface area (Å²) >= 11 is 0. The molecular formula is C13H20N2O3. The molecule has 0 aliphatic rings. The van der Waals surface area contributed by atoms with E-state index in [0.29, 0.717) is 37.2 Å². The molecule has 1 aromatic rings. The summed E-state index contributed by atoms with van der Waals surface area (Å²) < 4.78 is 10.8. The summed E-state index contributed by atoms with van der Waals surface area (Å²) in [7, 11) is 0. The third kappa shape index (κ3) is 4.63. The fourth-order valence-corrected chi connectivity index (χ4v) is 1.38. The zero-order chi connectivity index (χ0) is 13.5. The minimum atomic E-state index is -0.561. The van der Waals surface area contributed by atoms with Gasteiger partial charge in [-0.1, -0.05) is 13.8 Å². The smallest absolute Gasteiger partial charge is 0.250 e. The van der Waals surface area contributed by atoms with Crippen LogP contribution in [0.25, 0.3) is 0 Å². The van der Waals surface area contributed by atoms with Crippen LogP contribution in [0, 0.1) is 5.92 Å². The standard InChI is InChI=1S/C13H20N2O3/c1-9(2)8-17-5-6-18-10-3-4-12(14)11(7-10)13(15)16/h3-4,7,9H,5-6,8,14H2,1-2H3,(H2,15,16). The molecule has 1 rings (SSSR count). The van der Waals surface area contributed by atoms with E-state index in [1.165, 1.54) is 0 Å². The van der Waals surface area contributed by atoms with E-state index >= 15 is 0 Å². The largest absolute Gasteiger partial charge is 0.491 e.